The zero-order valence-electron chi connectivity index (χ0n) is 9.83. The molecular weight excluding hydrogens is 238 g/mol. The van der Waals surface area contributed by atoms with Gasteiger partial charge in [0.25, 0.3) is 0 Å². The van der Waals surface area contributed by atoms with Crippen molar-refractivity contribution in [3.63, 3.8) is 0 Å². The van der Waals surface area contributed by atoms with E-state index in [1.54, 1.807) is 0 Å². The normalized spacial score (nSPS) is 22.9. The molecule has 2 rings (SSSR count). The van der Waals surface area contributed by atoms with Gasteiger partial charge in [-0.25, -0.2) is 0 Å². The third-order valence-corrected chi connectivity index (χ3v) is 3.21. The largest absolute Gasteiger partial charge is 0.481 e. The lowest BCUT2D eigenvalue weighted by Crippen LogP contribution is -2.31. The fraction of sp³-hybridized carbons (Fsp3) is 0.636. The molecule has 0 saturated heterocycles. The van der Waals surface area contributed by atoms with Gasteiger partial charge in [0, 0.05) is 18.9 Å². The topological polar surface area (TPSA) is 105 Å². The third kappa shape index (κ3) is 3.06. The molecule has 18 heavy (non-hydrogen) atoms. The molecule has 0 bridgehead atoms. The molecule has 1 aromatic rings. The molecule has 2 unspecified atom stereocenters. The highest BCUT2D eigenvalue weighted by molar-refractivity contribution is 5.80. The van der Waals surface area contributed by atoms with E-state index in [9.17, 15) is 9.59 Å². The zero-order chi connectivity index (χ0) is 13.0. The van der Waals surface area contributed by atoms with Gasteiger partial charge in [0.2, 0.25) is 12.3 Å². The summed E-state index contributed by atoms with van der Waals surface area (Å²) in [6, 6.07) is 0. The molecule has 2 atom stereocenters. The Labute approximate surface area is 104 Å². The number of aliphatic carboxylic acids is 1. The van der Waals surface area contributed by atoms with Crippen LogP contribution in [0.1, 0.15) is 25.1 Å². The highest BCUT2D eigenvalue weighted by atomic mass is 16.5. The number of carboxylic acids is 1. The summed E-state index contributed by atoms with van der Waals surface area (Å²) in [7, 11) is 0. The molecule has 1 amide bonds. The van der Waals surface area contributed by atoms with Crippen molar-refractivity contribution in [3.05, 3.63) is 12.2 Å². The Balaban J connectivity index is 1.71. The first-order valence-electron chi connectivity index (χ1n) is 5.92. The van der Waals surface area contributed by atoms with Crippen LogP contribution >= 0.6 is 0 Å². The Hall–Kier alpha value is -1.92. The first-order valence-corrected chi connectivity index (χ1v) is 5.92. The van der Waals surface area contributed by atoms with E-state index in [1.165, 1.54) is 6.39 Å². The van der Waals surface area contributed by atoms with Crippen LogP contribution in [0.25, 0.3) is 0 Å². The van der Waals surface area contributed by atoms with Gasteiger partial charge in [-0.3, -0.25) is 9.59 Å². The number of nitrogens with one attached hydrogen (secondary N) is 1. The van der Waals surface area contributed by atoms with Gasteiger partial charge in [-0.15, -0.1) is 0 Å². The average Bonchev–Trinajstić information content (AvgIpc) is 2.99. The van der Waals surface area contributed by atoms with Crippen LogP contribution < -0.4 is 5.32 Å². The van der Waals surface area contributed by atoms with E-state index in [0.717, 1.165) is 0 Å². The molecule has 0 aliphatic heterocycles. The van der Waals surface area contributed by atoms with Gasteiger partial charge >= 0.3 is 5.97 Å². The van der Waals surface area contributed by atoms with Gasteiger partial charge < -0.3 is 14.9 Å². The van der Waals surface area contributed by atoms with Gasteiger partial charge in [-0.2, -0.15) is 4.98 Å². The number of carbonyl (C=O) groups excluding carboxylic acids is 1. The number of hydrogen-bond donors (Lipinski definition) is 2. The summed E-state index contributed by atoms with van der Waals surface area (Å²) in [5, 5.41) is 15.3. The number of carbonyl (C=O) groups is 2. The van der Waals surface area contributed by atoms with E-state index < -0.39 is 5.97 Å². The molecule has 7 nitrogen and oxygen atoms in total. The molecule has 98 valence electrons. The van der Waals surface area contributed by atoms with Crippen molar-refractivity contribution in [2.45, 2.75) is 25.7 Å². The van der Waals surface area contributed by atoms with E-state index in [2.05, 4.69) is 20.0 Å². The predicted octanol–water partition coefficient (Wildman–Crippen LogP) is 0.229. The van der Waals surface area contributed by atoms with E-state index in [0.29, 0.717) is 38.1 Å². The first kappa shape index (κ1) is 12.5. The number of amides is 1. The van der Waals surface area contributed by atoms with Crippen molar-refractivity contribution in [2.24, 2.45) is 11.8 Å². The average molecular weight is 253 g/mol. The maximum Gasteiger partial charge on any atom is 0.306 e. The standard InChI is InChI=1S/C11H15N3O4/c15-10(7-1-2-8(5-7)11(16)17)12-4-3-9-13-6-18-14-9/h6-8H,1-5H2,(H,12,15)(H,16,17). The van der Waals surface area contributed by atoms with Crippen LogP contribution in [-0.2, 0) is 16.0 Å². The molecule has 1 heterocycles. The molecule has 1 fully saturated rings. The van der Waals surface area contributed by atoms with Gasteiger partial charge in [0.15, 0.2) is 5.82 Å². The zero-order valence-corrected chi connectivity index (χ0v) is 9.83. The minimum Gasteiger partial charge on any atom is -0.481 e. The van der Waals surface area contributed by atoms with Gasteiger partial charge in [0.1, 0.15) is 0 Å². The first-order chi connectivity index (χ1) is 8.66. The van der Waals surface area contributed by atoms with Crippen LogP contribution in [-0.4, -0.2) is 33.7 Å². The molecule has 0 radical (unpaired) electrons. The summed E-state index contributed by atoms with van der Waals surface area (Å²) in [6.45, 7) is 0.437. The molecule has 1 aliphatic rings. The summed E-state index contributed by atoms with van der Waals surface area (Å²) in [4.78, 5) is 26.4. The lowest BCUT2D eigenvalue weighted by atomic mass is 10.0. The number of rotatable bonds is 5. The Morgan fingerprint density at radius 3 is 2.83 bits per heavy atom. The fourth-order valence-corrected chi connectivity index (χ4v) is 2.19. The maximum absolute atomic E-state index is 11.8. The van der Waals surface area contributed by atoms with E-state index in [4.69, 9.17) is 5.11 Å². The van der Waals surface area contributed by atoms with E-state index in [1.807, 2.05) is 0 Å². The predicted molar refractivity (Wildman–Crippen MR) is 59.5 cm³/mol. The lowest BCUT2D eigenvalue weighted by Gasteiger charge is -2.09. The molecule has 7 heteroatoms. The minimum atomic E-state index is -0.808. The second-order valence-corrected chi connectivity index (χ2v) is 4.43. The summed E-state index contributed by atoms with van der Waals surface area (Å²) in [5.41, 5.74) is 0. The molecule has 0 spiro atoms. The van der Waals surface area contributed by atoms with Gasteiger partial charge in [-0.05, 0) is 19.3 Å². The summed E-state index contributed by atoms with van der Waals surface area (Å²) in [5.74, 6) is -0.904. The minimum absolute atomic E-state index is 0.0813. The molecular formula is C11H15N3O4. The monoisotopic (exact) mass is 253 g/mol. The Kier molecular flexibility index (Phi) is 3.91. The quantitative estimate of drug-likeness (QED) is 0.778. The number of nitrogens with zero attached hydrogens (tertiary/aromatic N) is 2. The van der Waals surface area contributed by atoms with Crippen molar-refractivity contribution in [3.8, 4) is 0 Å². The van der Waals surface area contributed by atoms with Crippen molar-refractivity contribution in [1.29, 1.82) is 0 Å². The molecule has 1 aromatic heterocycles. The van der Waals surface area contributed by atoms with E-state index in [-0.39, 0.29) is 17.7 Å². The number of carboxylic acid groups (broad SMARTS) is 1. The molecule has 1 saturated carbocycles. The van der Waals surface area contributed by atoms with Crippen LogP contribution in [0.4, 0.5) is 0 Å². The highest BCUT2D eigenvalue weighted by Gasteiger charge is 2.33. The fourth-order valence-electron chi connectivity index (χ4n) is 2.19. The summed E-state index contributed by atoms with van der Waals surface area (Å²) < 4.78 is 4.57. The third-order valence-electron chi connectivity index (χ3n) is 3.21. The highest BCUT2D eigenvalue weighted by Crippen LogP contribution is 2.30. The Morgan fingerprint density at radius 2 is 2.22 bits per heavy atom. The number of hydrogen-bond acceptors (Lipinski definition) is 5. The molecule has 0 aromatic carbocycles. The van der Waals surface area contributed by atoms with Crippen molar-refractivity contribution in [1.82, 2.24) is 15.5 Å². The number of aromatic nitrogens is 2. The summed E-state index contributed by atoms with van der Waals surface area (Å²) >= 11 is 0. The Morgan fingerprint density at radius 1 is 1.44 bits per heavy atom. The van der Waals surface area contributed by atoms with E-state index >= 15 is 0 Å². The van der Waals surface area contributed by atoms with Crippen LogP contribution in [0.15, 0.2) is 10.9 Å². The second kappa shape index (κ2) is 5.61. The van der Waals surface area contributed by atoms with Gasteiger partial charge in [-0.1, -0.05) is 5.16 Å². The van der Waals surface area contributed by atoms with Crippen LogP contribution in [0.5, 0.6) is 0 Å². The van der Waals surface area contributed by atoms with Crippen LogP contribution in [0.3, 0.4) is 0 Å². The van der Waals surface area contributed by atoms with Crippen molar-refractivity contribution in [2.75, 3.05) is 6.54 Å². The van der Waals surface area contributed by atoms with Crippen molar-refractivity contribution < 1.29 is 19.2 Å². The Bertz CT molecular complexity index is 418. The van der Waals surface area contributed by atoms with Gasteiger partial charge in [0.05, 0.1) is 5.92 Å². The maximum atomic E-state index is 11.8. The SMILES string of the molecule is O=C(O)C1CCC(C(=O)NCCc2ncon2)C1. The second-order valence-electron chi connectivity index (χ2n) is 4.43. The van der Waals surface area contributed by atoms with Crippen LogP contribution in [0.2, 0.25) is 0 Å². The molecule has 1 aliphatic carbocycles. The lowest BCUT2D eigenvalue weighted by molar-refractivity contribution is -0.141. The summed E-state index contributed by atoms with van der Waals surface area (Å²) in [6.07, 6.45) is 3.41. The molecule has 2 N–H and O–H groups in total. The smallest absolute Gasteiger partial charge is 0.306 e. The van der Waals surface area contributed by atoms with Crippen molar-refractivity contribution >= 4 is 11.9 Å². The van der Waals surface area contributed by atoms with Crippen LogP contribution in [0, 0.1) is 11.8 Å².